The van der Waals surface area contributed by atoms with E-state index >= 15 is 0 Å². The fourth-order valence-corrected chi connectivity index (χ4v) is 1.94. The van der Waals surface area contributed by atoms with Crippen molar-refractivity contribution in [1.82, 2.24) is 0 Å². The van der Waals surface area contributed by atoms with Gasteiger partial charge >= 0.3 is 0 Å². The lowest BCUT2D eigenvalue weighted by atomic mass is 9.94. The summed E-state index contributed by atoms with van der Waals surface area (Å²) in [5, 5.41) is 28.7. The molecule has 2 aromatic carbocycles. The van der Waals surface area contributed by atoms with E-state index in [0.29, 0.717) is 11.1 Å². The number of phenols is 3. The van der Waals surface area contributed by atoms with Crippen LogP contribution in [0.5, 0.6) is 17.2 Å². The Bertz CT molecular complexity index is 530. The Kier molecular flexibility index (Phi) is 2.68. The number of hydrogen-bond acceptors (Lipinski definition) is 3. The van der Waals surface area contributed by atoms with Crippen LogP contribution in [0.1, 0.15) is 11.1 Å². The molecule has 2 aromatic rings. The highest BCUT2D eigenvalue weighted by Crippen LogP contribution is 2.38. The topological polar surface area (TPSA) is 60.7 Å². The second kappa shape index (κ2) is 4.01. The predicted octanol–water partition coefficient (Wildman–Crippen LogP) is 3.09. The monoisotopic (exact) mass is 230 g/mol. The van der Waals surface area contributed by atoms with E-state index in [0.717, 1.165) is 11.1 Å². The maximum atomic E-state index is 9.71. The zero-order valence-corrected chi connectivity index (χ0v) is 9.73. The molecule has 0 radical (unpaired) electrons. The van der Waals surface area contributed by atoms with Crippen LogP contribution in [-0.2, 0) is 0 Å². The highest BCUT2D eigenvalue weighted by molar-refractivity contribution is 5.76. The Balaban J connectivity index is 2.70. The quantitative estimate of drug-likeness (QED) is 0.705. The molecule has 0 fully saturated rings. The number of benzene rings is 2. The Morgan fingerprint density at radius 1 is 0.765 bits per heavy atom. The molecule has 3 N–H and O–H groups in total. The average molecular weight is 230 g/mol. The smallest absolute Gasteiger partial charge is 0.122 e. The largest absolute Gasteiger partial charge is 0.508 e. The van der Waals surface area contributed by atoms with Crippen LogP contribution in [0.2, 0.25) is 0 Å². The van der Waals surface area contributed by atoms with Gasteiger partial charge in [0, 0.05) is 6.07 Å². The molecule has 0 aromatic heterocycles. The van der Waals surface area contributed by atoms with Gasteiger partial charge in [0.1, 0.15) is 17.2 Å². The van der Waals surface area contributed by atoms with Crippen LogP contribution in [0.4, 0.5) is 0 Å². The Hall–Kier alpha value is -2.16. The molecular weight excluding hydrogens is 216 g/mol. The van der Waals surface area contributed by atoms with Gasteiger partial charge < -0.3 is 15.3 Å². The van der Waals surface area contributed by atoms with Gasteiger partial charge in [0.05, 0.1) is 0 Å². The fraction of sp³-hybridized carbons (Fsp3) is 0.143. The zero-order valence-electron chi connectivity index (χ0n) is 9.73. The molecule has 0 unspecified atom stereocenters. The molecule has 0 aliphatic heterocycles. The average Bonchev–Trinajstić information content (AvgIpc) is 2.29. The van der Waals surface area contributed by atoms with E-state index in [2.05, 4.69) is 0 Å². The van der Waals surface area contributed by atoms with Gasteiger partial charge in [-0.2, -0.15) is 0 Å². The third-order valence-electron chi connectivity index (χ3n) is 2.95. The molecule has 88 valence electrons. The van der Waals surface area contributed by atoms with Crippen molar-refractivity contribution in [1.29, 1.82) is 0 Å². The summed E-state index contributed by atoms with van der Waals surface area (Å²) in [5.41, 5.74) is 3.07. The van der Waals surface area contributed by atoms with Crippen molar-refractivity contribution in [2.24, 2.45) is 0 Å². The summed E-state index contributed by atoms with van der Waals surface area (Å²) in [7, 11) is 0. The van der Waals surface area contributed by atoms with Crippen LogP contribution >= 0.6 is 0 Å². The number of phenolic OH excluding ortho intramolecular Hbond substituents is 3. The summed E-state index contributed by atoms with van der Waals surface area (Å²) in [5.74, 6) is 0.320. The summed E-state index contributed by atoms with van der Waals surface area (Å²) in [6.45, 7) is 3.59. The molecule has 0 bridgehead atoms. The summed E-state index contributed by atoms with van der Waals surface area (Å²) >= 11 is 0. The number of hydrogen-bond donors (Lipinski definition) is 3. The maximum absolute atomic E-state index is 9.71. The fourth-order valence-electron chi connectivity index (χ4n) is 1.94. The van der Waals surface area contributed by atoms with Gasteiger partial charge in [0.15, 0.2) is 0 Å². The third kappa shape index (κ3) is 1.91. The van der Waals surface area contributed by atoms with E-state index in [1.165, 1.54) is 6.07 Å². The second-order valence-electron chi connectivity index (χ2n) is 4.09. The van der Waals surface area contributed by atoms with Crippen molar-refractivity contribution in [3.8, 4) is 28.4 Å². The Morgan fingerprint density at radius 2 is 1.24 bits per heavy atom. The van der Waals surface area contributed by atoms with Gasteiger partial charge in [-0.15, -0.1) is 0 Å². The molecule has 3 nitrogen and oxygen atoms in total. The van der Waals surface area contributed by atoms with Gasteiger partial charge in [-0.05, 0) is 48.2 Å². The van der Waals surface area contributed by atoms with Crippen LogP contribution in [-0.4, -0.2) is 15.3 Å². The molecule has 3 heteroatoms. The summed E-state index contributed by atoms with van der Waals surface area (Å²) in [6.07, 6.45) is 0. The summed E-state index contributed by atoms with van der Waals surface area (Å²) < 4.78 is 0. The highest BCUT2D eigenvalue weighted by Gasteiger charge is 2.13. The van der Waals surface area contributed by atoms with E-state index in [1.54, 1.807) is 38.1 Å². The van der Waals surface area contributed by atoms with Crippen LogP contribution in [0, 0.1) is 13.8 Å². The molecule has 0 aliphatic rings. The second-order valence-corrected chi connectivity index (χ2v) is 4.09. The van der Waals surface area contributed by atoms with Crippen molar-refractivity contribution >= 4 is 0 Å². The molecule has 0 amide bonds. The lowest BCUT2D eigenvalue weighted by Gasteiger charge is -2.13. The van der Waals surface area contributed by atoms with Gasteiger partial charge in [-0.1, -0.05) is 12.1 Å². The normalized spacial score (nSPS) is 10.5. The zero-order chi connectivity index (χ0) is 12.6. The first-order valence-corrected chi connectivity index (χ1v) is 5.32. The third-order valence-corrected chi connectivity index (χ3v) is 2.95. The van der Waals surface area contributed by atoms with Crippen molar-refractivity contribution < 1.29 is 15.3 Å². The summed E-state index contributed by atoms with van der Waals surface area (Å²) in [4.78, 5) is 0. The van der Waals surface area contributed by atoms with Crippen molar-refractivity contribution in [2.75, 3.05) is 0 Å². The van der Waals surface area contributed by atoms with Crippen LogP contribution in [0.3, 0.4) is 0 Å². The van der Waals surface area contributed by atoms with Crippen LogP contribution in [0.15, 0.2) is 30.3 Å². The van der Waals surface area contributed by atoms with E-state index in [4.69, 9.17) is 0 Å². The molecule has 0 atom stereocenters. The molecule has 0 heterocycles. The minimum Gasteiger partial charge on any atom is -0.508 e. The minimum absolute atomic E-state index is 0.0659. The van der Waals surface area contributed by atoms with E-state index in [-0.39, 0.29) is 17.2 Å². The van der Waals surface area contributed by atoms with Crippen molar-refractivity contribution in [3.05, 3.63) is 41.5 Å². The van der Waals surface area contributed by atoms with Gasteiger partial charge in [-0.3, -0.25) is 0 Å². The van der Waals surface area contributed by atoms with Crippen molar-refractivity contribution in [3.63, 3.8) is 0 Å². The molecule has 0 saturated heterocycles. The molecule has 0 aliphatic carbocycles. The number of rotatable bonds is 1. The Morgan fingerprint density at radius 3 is 1.71 bits per heavy atom. The summed E-state index contributed by atoms with van der Waals surface area (Å²) in [6, 6.07) is 8.01. The molecule has 0 saturated carbocycles. The van der Waals surface area contributed by atoms with E-state index in [9.17, 15) is 15.3 Å². The number of aromatic hydroxyl groups is 3. The minimum atomic E-state index is 0.0659. The molecule has 2 rings (SSSR count). The lowest BCUT2D eigenvalue weighted by Crippen LogP contribution is -1.89. The Labute approximate surface area is 99.6 Å². The van der Waals surface area contributed by atoms with E-state index in [1.807, 2.05) is 0 Å². The van der Waals surface area contributed by atoms with Crippen LogP contribution < -0.4 is 0 Å². The lowest BCUT2D eigenvalue weighted by molar-refractivity contribution is 0.446. The maximum Gasteiger partial charge on any atom is 0.122 e. The molecule has 0 spiro atoms. The first kappa shape index (κ1) is 11.3. The van der Waals surface area contributed by atoms with Crippen molar-refractivity contribution in [2.45, 2.75) is 13.8 Å². The standard InChI is InChI=1S/C14H14O3/c1-8-12(16)7-13(17)9(2)14(8)10-3-5-11(15)6-4-10/h3-7,15-17H,1-2H3. The van der Waals surface area contributed by atoms with Gasteiger partial charge in [0.25, 0.3) is 0 Å². The van der Waals surface area contributed by atoms with Gasteiger partial charge in [0.2, 0.25) is 0 Å². The molecule has 17 heavy (non-hydrogen) atoms. The highest BCUT2D eigenvalue weighted by atomic mass is 16.3. The van der Waals surface area contributed by atoms with Crippen LogP contribution in [0.25, 0.3) is 11.1 Å². The van der Waals surface area contributed by atoms with Gasteiger partial charge in [-0.25, -0.2) is 0 Å². The van der Waals surface area contributed by atoms with E-state index < -0.39 is 0 Å². The SMILES string of the molecule is Cc1c(O)cc(O)c(C)c1-c1ccc(O)cc1. The predicted molar refractivity (Wildman–Crippen MR) is 66.3 cm³/mol. The first-order valence-electron chi connectivity index (χ1n) is 5.32. The first-order chi connectivity index (χ1) is 8.00. The molecular formula is C14H14O3.